The van der Waals surface area contributed by atoms with Crippen molar-refractivity contribution in [1.82, 2.24) is 0 Å². The second kappa shape index (κ2) is 8.04. The van der Waals surface area contributed by atoms with Crippen LogP contribution in [0.3, 0.4) is 0 Å². The molecule has 0 aliphatic carbocycles. The van der Waals surface area contributed by atoms with Gasteiger partial charge in [-0.15, -0.1) is 0 Å². The largest absolute Gasteiger partial charge is 0.481 e. The van der Waals surface area contributed by atoms with Crippen molar-refractivity contribution < 1.29 is 18.5 Å². The lowest BCUT2D eigenvalue weighted by molar-refractivity contribution is -0.137. The number of hydrogen-bond donors (Lipinski definition) is 1. The zero-order valence-electron chi connectivity index (χ0n) is 7.29. The van der Waals surface area contributed by atoms with Crippen LogP contribution in [-0.2, 0) is 13.4 Å². The van der Waals surface area contributed by atoms with Gasteiger partial charge in [-0.2, -0.15) is 0 Å². The molecule has 0 aliphatic rings. The summed E-state index contributed by atoms with van der Waals surface area (Å²) in [7, 11) is 0. The second-order valence-electron chi connectivity index (χ2n) is 2.76. The van der Waals surface area contributed by atoms with Gasteiger partial charge in [0.2, 0.25) is 0 Å². The van der Waals surface area contributed by atoms with E-state index in [4.69, 9.17) is 5.11 Å². The first-order chi connectivity index (χ1) is 6.16. The Labute approximate surface area is 85.7 Å². The molecule has 0 heterocycles. The van der Waals surface area contributed by atoms with Crippen LogP contribution in [0.2, 0.25) is 0 Å². The van der Waals surface area contributed by atoms with Gasteiger partial charge >= 0.3 is 11.9 Å². The molecule has 5 heteroatoms. The van der Waals surface area contributed by atoms with Crippen molar-refractivity contribution in [2.75, 3.05) is 0 Å². The van der Waals surface area contributed by atoms with Crippen molar-refractivity contribution >= 4 is 28.2 Å². The summed E-state index contributed by atoms with van der Waals surface area (Å²) < 4.78 is 4.27. The van der Waals surface area contributed by atoms with Gasteiger partial charge in [0.05, 0.1) is 0 Å². The Morgan fingerprint density at radius 1 is 1.08 bits per heavy atom. The molecule has 0 aliphatic heterocycles. The van der Waals surface area contributed by atoms with E-state index in [1.54, 1.807) is 0 Å². The van der Waals surface area contributed by atoms with Crippen molar-refractivity contribution in [3.8, 4) is 0 Å². The third kappa shape index (κ3) is 9.33. The van der Waals surface area contributed by atoms with Gasteiger partial charge in [0.15, 0.2) is 16.3 Å². The van der Waals surface area contributed by atoms with Crippen LogP contribution in [0.1, 0.15) is 38.5 Å². The van der Waals surface area contributed by atoms with Crippen LogP contribution in [0.25, 0.3) is 0 Å². The monoisotopic (exact) mass is 252 g/mol. The number of carboxylic acid groups (broad SMARTS) is 1. The zero-order chi connectivity index (χ0) is 10.1. The second-order valence-corrected chi connectivity index (χ2v) is 3.08. The molecular weight excluding hydrogens is 240 g/mol. The van der Waals surface area contributed by atoms with Gasteiger partial charge in [-0.3, -0.25) is 9.59 Å². The van der Waals surface area contributed by atoms with E-state index < -0.39 is 5.97 Å². The Kier molecular flexibility index (Phi) is 7.68. The minimum atomic E-state index is -0.764. The molecule has 13 heavy (non-hydrogen) atoms. The van der Waals surface area contributed by atoms with Crippen LogP contribution >= 0.6 is 16.3 Å². The molecular formula is C8H13BrO4. The van der Waals surface area contributed by atoms with Gasteiger partial charge in [0.1, 0.15) is 0 Å². The lowest BCUT2D eigenvalue weighted by atomic mass is 10.1. The Balaban J connectivity index is 3.08. The van der Waals surface area contributed by atoms with E-state index in [0.717, 1.165) is 19.3 Å². The number of carbonyl (C=O) groups is 2. The van der Waals surface area contributed by atoms with Crippen molar-refractivity contribution in [1.29, 1.82) is 0 Å². The summed E-state index contributed by atoms with van der Waals surface area (Å²) in [6.07, 6.45) is 3.75. The normalized spacial score (nSPS) is 9.62. The molecule has 1 N–H and O–H groups in total. The molecule has 4 nitrogen and oxygen atoms in total. The van der Waals surface area contributed by atoms with E-state index in [9.17, 15) is 9.59 Å². The third-order valence-corrected chi connectivity index (χ3v) is 1.97. The number of unbranched alkanes of at least 4 members (excludes halogenated alkanes) is 3. The Hall–Kier alpha value is -0.580. The summed E-state index contributed by atoms with van der Waals surface area (Å²) in [5, 5.41) is 8.32. The molecule has 0 unspecified atom stereocenters. The maximum absolute atomic E-state index is 10.6. The lowest BCUT2D eigenvalue weighted by Crippen LogP contribution is -1.96. The first-order valence-electron chi connectivity index (χ1n) is 4.20. The average molecular weight is 253 g/mol. The van der Waals surface area contributed by atoms with Gasteiger partial charge < -0.3 is 8.93 Å². The molecule has 0 saturated carbocycles. The highest BCUT2D eigenvalue weighted by Crippen LogP contribution is 2.06. The fourth-order valence-corrected chi connectivity index (χ4v) is 1.10. The molecule has 0 spiro atoms. The molecule has 0 atom stereocenters. The Morgan fingerprint density at radius 3 is 2.08 bits per heavy atom. The van der Waals surface area contributed by atoms with Crippen molar-refractivity contribution in [3.05, 3.63) is 0 Å². The molecule has 0 radical (unpaired) electrons. The van der Waals surface area contributed by atoms with E-state index in [1.165, 1.54) is 0 Å². The highest BCUT2D eigenvalue weighted by Gasteiger charge is 2.01. The van der Waals surface area contributed by atoms with E-state index in [1.807, 2.05) is 0 Å². The van der Waals surface area contributed by atoms with Gasteiger partial charge in [0, 0.05) is 12.8 Å². The first-order valence-corrected chi connectivity index (χ1v) is 4.84. The highest BCUT2D eigenvalue weighted by molar-refractivity contribution is 9.06. The van der Waals surface area contributed by atoms with Crippen LogP contribution in [0.5, 0.6) is 0 Å². The first kappa shape index (κ1) is 12.4. The summed E-state index contributed by atoms with van der Waals surface area (Å²) >= 11 is 2.59. The van der Waals surface area contributed by atoms with E-state index in [-0.39, 0.29) is 12.4 Å². The maximum Gasteiger partial charge on any atom is 0.317 e. The molecule has 0 rings (SSSR count). The predicted octanol–water partition coefficient (Wildman–Crippen LogP) is 2.26. The quantitative estimate of drug-likeness (QED) is 0.707. The van der Waals surface area contributed by atoms with Crippen LogP contribution in [0.4, 0.5) is 0 Å². The summed E-state index contributed by atoms with van der Waals surface area (Å²) in [4.78, 5) is 20.7. The van der Waals surface area contributed by atoms with E-state index in [0.29, 0.717) is 12.8 Å². The molecule has 0 saturated heterocycles. The summed E-state index contributed by atoms with van der Waals surface area (Å²) in [5.41, 5.74) is 0. The number of hydrogen-bond acceptors (Lipinski definition) is 3. The molecule has 76 valence electrons. The molecule has 0 aromatic rings. The summed E-state index contributed by atoms with van der Waals surface area (Å²) in [6, 6.07) is 0. The maximum atomic E-state index is 10.6. The minimum absolute atomic E-state index is 0.211. The van der Waals surface area contributed by atoms with Crippen LogP contribution in [-0.4, -0.2) is 17.0 Å². The van der Waals surface area contributed by atoms with E-state index >= 15 is 0 Å². The Bertz CT molecular complexity index is 170. The lowest BCUT2D eigenvalue weighted by Gasteiger charge is -1.97. The summed E-state index contributed by atoms with van der Waals surface area (Å²) in [6.45, 7) is 0. The van der Waals surface area contributed by atoms with Crippen molar-refractivity contribution in [2.24, 2.45) is 0 Å². The fourth-order valence-electron chi connectivity index (χ4n) is 0.938. The summed E-state index contributed by atoms with van der Waals surface area (Å²) in [5.74, 6) is -1.04. The van der Waals surface area contributed by atoms with Gasteiger partial charge in [-0.25, -0.2) is 0 Å². The SMILES string of the molecule is O=C(O)CCCCCCC(=O)OBr. The third-order valence-electron chi connectivity index (χ3n) is 1.61. The average Bonchev–Trinajstić information content (AvgIpc) is 2.10. The number of rotatable bonds is 7. The molecule has 0 bridgehead atoms. The molecule has 0 aromatic heterocycles. The standard InChI is InChI=1S/C8H13BrO4/c9-13-8(12)6-4-2-1-3-5-7(10)11/h1-6H2,(H,10,11). The predicted molar refractivity (Wildman–Crippen MR) is 50.4 cm³/mol. The highest BCUT2D eigenvalue weighted by atomic mass is 79.9. The van der Waals surface area contributed by atoms with Crippen LogP contribution < -0.4 is 0 Å². The molecule has 0 aromatic carbocycles. The fraction of sp³-hybridized carbons (Fsp3) is 0.750. The van der Waals surface area contributed by atoms with Crippen LogP contribution in [0, 0.1) is 0 Å². The zero-order valence-corrected chi connectivity index (χ0v) is 8.88. The number of carbonyl (C=O) groups excluding carboxylic acids is 1. The number of halogens is 1. The topological polar surface area (TPSA) is 63.6 Å². The van der Waals surface area contributed by atoms with Crippen molar-refractivity contribution in [2.45, 2.75) is 38.5 Å². The number of carboxylic acids is 1. The number of aliphatic carboxylic acids is 1. The van der Waals surface area contributed by atoms with Gasteiger partial charge in [-0.1, -0.05) is 12.8 Å². The smallest absolute Gasteiger partial charge is 0.317 e. The molecule has 0 fully saturated rings. The van der Waals surface area contributed by atoms with Crippen molar-refractivity contribution in [3.63, 3.8) is 0 Å². The molecule has 0 amide bonds. The van der Waals surface area contributed by atoms with Gasteiger partial charge in [0.25, 0.3) is 0 Å². The Morgan fingerprint density at radius 2 is 1.62 bits per heavy atom. The van der Waals surface area contributed by atoms with Gasteiger partial charge in [-0.05, 0) is 12.8 Å². The van der Waals surface area contributed by atoms with E-state index in [2.05, 4.69) is 20.1 Å². The van der Waals surface area contributed by atoms with Crippen LogP contribution in [0.15, 0.2) is 0 Å². The minimum Gasteiger partial charge on any atom is -0.481 e.